The summed E-state index contributed by atoms with van der Waals surface area (Å²) in [6.07, 6.45) is 2.18. The van der Waals surface area contributed by atoms with Gasteiger partial charge in [0.15, 0.2) is 0 Å². The molecule has 0 aliphatic carbocycles. The van der Waals surface area contributed by atoms with Gasteiger partial charge < -0.3 is 5.73 Å². The van der Waals surface area contributed by atoms with E-state index in [4.69, 9.17) is 5.73 Å². The molecule has 16 heavy (non-hydrogen) atoms. The van der Waals surface area contributed by atoms with Gasteiger partial charge in [0.1, 0.15) is 15.7 Å². The van der Waals surface area contributed by atoms with Gasteiger partial charge in [-0.25, -0.2) is 12.8 Å². The van der Waals surface area contributed by atoms with Crippen LogP contribution in [-0.4, -0.2) is 26.5 Å². The first-order valence-electron chi connectivity index (χ1n) is 5.04. The van der Waals surface area contributed by atoms with E-state index in [2.05, 4.69) is 0 Å². The predicted octanol–water partition coefficient (Wildman–Crippen LogP) is 1.13. The van der Waals surface area contributed by atoms with Gasteiger partial charge in [-0.15, -0.1) is 0 Å². The Morgan fingerprint density at radius 2 is 1.88 bits per heavy atom. The van der Waals surface area contributed by atoms with Gasteiger partial charge in [-0.3, -0.25) is 0 Å². The molecule has 0 heterocycles. The largest absolute Gasteiger partial charge is 0.327 e. The molecule has 0 aliphatic rings. The monoisotopic (exact) mass is 245 g/mol. The van der Waals surface area contributed by atoms with Gasteiger partial charge in [0.2, 0.25) is 0 Å². The minimum Gasteiger partial charge on any atom is -0.327 e. The van der Waals surface area contributed by atoms with E-state index in [0.29, 0.717) is 12.8 Å². The lowest BCUT2D eigenvalue weighted by molar-refractivity contribution is 0.585. The lowest BCUT2D eigenvalue weighted by Crippen LogP contribution is -2.25. The Bertz CT molecular complexity index is 428. The standard InChI is InChI=1S/C11H16FNO2S/c1-16(14,15)7-6-11(13)8-9-2-4-10(12)5-3-9/h2-5,11H,6-8,13H2,1H3. The van der Waals surface area contributed by atoms with Gasteiger partial charge in [0.25, 0.3) is 0 Å². The van der Waals surface area contributed by atoms with Crippen molar-refractivity contribution in [1.29, 1.82) is 0 Å². The summed E-state index contributed by atoms with van der Waals surface area (Å²) in [5, 5.41) is 0. The van der Waals surface area contributed by atoms with Gasteiger partial charge in [-0.05, 0) is 30.5 Å². The molecule has 0 aromatic heterocycles. The first kappa shape index (κ1) is 13.1. The summed E-state index contributed by atoms with van der Waals surface area (Å²) in [5.74, 6) is -0.191. The fourth-order valence-corrected chi connectivity index (χ4v) is 2.12. The highest BCUT2D eigenvalue weighted by molar-refractivity contribution is 7.90. The number of hydrogen-bond acceptors (Lipinski definition) is 3. The number of benzene rings is 1. The van der Waals surface area contributed by atoms with Crippen molar-refractivity contribution in [3.63, 3.8) is 0 Å². The van der Waals surface area contributed by atoms with E-state index in [-0.39, 0.29) is 17.6 Å². The van der Waals surface area contributed by atoms with Crippen LogP contribution in [0.3, 0.4) is 0 Å². The SMILES string of the molecule is CS(=O)(=O)CCC(N)Cc1ccc(F)cc1. The molecule has 0 radical (unpaired) electrons. The highest BCUT2D eigenvalue weighted by Crippen LogP contribution is 2.07. The maximum atomic E-state index is 12.6. The summed E-state index contributed by atoms with van der Waals surface area (Å²) >= 11 is 0. The van der Waals surface area contributed by atoms with Crippen LogP contribution in [0.2, 0.25) is 0 Å². The van der Waals surface area contributed by atoms with E-state index in [0.717, 1.165) is 5.56 Å². The van der Waals surface area contributed by atoms with Gasteiger partial charge in [-0.2, -0.15) is 0 Å². The summed E-state index contributed by atoms with van der Waals surface area (Å²) in [7, 11) is -2.96. The van der Waals surface area contributed by atoms with Crippen LogP contribution in [0.25, 0.3) is 0 Å². The molecular formula is C11H16FNO2S. The zero-order valence-electron chi connectivity index (χ0n) is 9.19. The van der Waals surface area contributed by atoms with E-state index in [1.165, 1.54) is 18.4 Å². The number of halogens is 1. The third-order valence-electron chi connectivity index (χ3n) is 2.27. The van der Waals surface area contributed by atoms with Crippen molar-refractivity contribution in [2.24, 2.45) is 5.73 Å². The Morgan fingerprint density at radius 1 is 1.31 bits per heavy atom. The molecule has 90 valence electrons. The van der Waals surface area contributed by atoms with Crippen molar-refractivity contribution in [3.05, 3.63) is 35.6 Å². The third-order valence-corrected chi connectivity index (χ3v) is 3.25. The minimum atomic E-state index is -2.96. The van der Waals surface area contributed by atoms with Crippen LogP contribution in [0.15, 0.2) is 24.3 Å². The third kappa shape index (κ3) is 5.23. The molecule has 1 rings (SSSR count). The summed E-state index contributed by atoms with van der Waals surface area (Å²) in [6.45, 7) is 0. The smallest absolute Gasteiger partial charge is 0.147 e. The lowest BCUT2D eigenvalue weighted by Gasteiger charge is -2.10. The maximum Gasteiger partial charge on any atom is 0.147 e. The molecule has 1 unspecified atom stereocenters. The molecule has 0 aliphatic heterocycles. The predicted molar refractivity (Wildman–Crippen MR) is 62.4 cm³/mol. The molecule has 5 heteroatoms. The second-order valence-electron chi connectivity index (χ2n) is 4.01. The van der Waals surface area contributed by atoms with Crippen LogP contribution in [0.5, 0.6) is 0 Å². The number of nitrogens with two attached hydrogens (primary N) is 1. The molecule has 0 amide bonds. The second kappa shape index (κ2) is 5.41. The molecule has 0 spiro atoms. The lowest BCUT2D eigenvalue weighted by atomic mass is 10.1. The average molecular weight is 245 g/mol. The Morgan fingerprint density at radius 3 is 2.38 bits per heavy atom. The molecule has 1 aromatic carbocycles. The van der Waals surface area contributed by atoms with Gasteiger partial charge in [0, 0.05) is 12.3 Å². The van der Waals surface area contributed by atoms with E-state index >= 15 is 0 Å². The van der Waals surface area contributed by atoms with Crippen molar-refractivity contribution in [2.75, 3.05) is 12.0 Å². The topological polar surface area (TPSA) is 60.2 Å². The van der Waals surface area contributed by atoms with Crippen molar-refractivity contribution in [3.8, 4) is 0 Å². The molecule has 0 saturated heterocycles. The van der Waals surface area contributed by atoms with Crippen molar-refractivity contribution >= 4 is 9.84 Å². The highest BCUT2D eigenvalue weighted by atomic mass is 32.2. The highest BCUT2D eigenvalue weighted by Gasteiger charge is 2.08. The molecule has 0 bridgehead atoms. The summed E-state index contributed by atoms with van der Waals surface area (Å²) in [5.41, 5.74) is 6.71. The molecule has 0 fully saturated rings. The van der Waals surface area contributed by atoms with E-state index in [1.807, 2.05) is 0 Å². The number of sulfone groups is 1. The zero-order valence-corrected chi connectivity index (χ0v) is 10.0. The van der Waals surface area contributed by atoms with Gasteiger partial charge >= 0.3 is 0 Å². The van der Waals surface area contributed by atoms with Crippen LogP contribution >= 0.6 is 0 Å². The molecule has 3 nitrogen and oxygen atoms in total. The van der Waals surface area contributed by atoms with Gasteiger partial charge in [-0.1, -0.05) is 12.1 Å². The van der Waals surface area contributed by atoms with Crippen LogP contribution in [0, 0.1) is 5.82 Å². The Kier molecular flexibility index (Phi) is 4.44. The van der Waals surface area contributed by atoms with E-state index < -0.39 is 9.84 Å². The van der Waals surface area contributed by atoms with E-state index in [1.54, 1.807) is 12.1 Å². The van der Waals surface area contributed by atoms with Crippen LogP contribution in [-0.2, 0) is 16.3 Å². The van der Waals surface area contributed by atoms with Crippen LogP contribution in [0.4, 0.5) is 4.39 Å². The molecule has 2 N–H and O–H groups in total. The van der Waals surface area contributed by atoms with E-state index in [9.17, 15) is 12.8 Å². The Labute approximate surface area is 95.4 Å². The molecule has 1 atom stereocenters. The first-order chi connectivity index (χ1) is 7.37. The Balaban J connectivity index is 2.45. The zero-order chi connectivity index (χ0) is 12.2. The summed E-state index contributed by atoms with van der Waals surface area (Å²) in [4.78, 5) is 0. The molecular weight excluding hydrogens is 229 g/mol. The average Bonchev–Trinajstić information content (AvgIpc) is 2.18. The fourth-order valence-electron chi connectivity index (χ4n) is 1.39. The molecule has 1 aromatic rings. The van der Waals surface area contributed by atoms with Crippen molar-refractivity contribution < 1.29 is 12.8 Å². The summed E-state index contributed by atoms with van der Waals surface area (Å²) in [6, 6.07) is 5.86. The Hall–Kier alpha value is -0.940. The fraction of sp³-hybridized carbons (Fsp3) is 0.455. The van der Waals surface area contributed by atoms with Crippen molar-refractivity contribution in [1.82, 2.24) is 0 Å². The maximum absolute atomic E-state index is 12.6. The number of rotatable bonds is 5. The van der Waals surface area contributed by atoms with Crippen LogP contribution < -0.4 is 5.73 Å². The van der Waals surface area contributed by atoms with Crippen LogP contribution in [0.1, 0.15) is 12.0 Å². The quantitative estimate of drug-likeness (QED) is 0.846. The second-order valence-corrected chi connectivity index (χ2v) is 6.27. The first-order valence-corrected chi connectivity index (χ1v) is 7.10. The molecule has 0 saturated carbocycles. The summed E-state index contributed by atoms with van der Waals surface area (Å²) < 4.78 is 34.5. The van der Waals surface area contributed by atoms with Gasteiger partial charge in [0.05, 0.1) is 5.75 Å². The van der Waals surface area contributed by atoms with Crippen molar-refractivity contribution in [2.45, 2.75) is 18.9 Å². The number of hydrogen-bond donors (Lipinski definition) is 1. The normalized spacial score (nSPS) is 13.7. The minimum absolute atomic E-state index is 0.0926.